The molecular weight excluding hydrogens is 338 g/mol. The van der Waals surface area contributed by atoms with E-state index >= 15 is 0 Å². The first-order chi connectivity index (χ1) is 13.1. The van der Waals surface area contributed by atoms with Crippen LogP contribution in [0.5, 0.6) is 0 Å². The zero-order chi connectivity index (χ0) is 19.0. The molecular formula is C22H23N3O2. The lowest BCUT2D eigenvalue weighted by molar-refractivity contribution is 0.0617. The topological polar surface area (TPSA) is 47.4 Å². The number of benzene rings is 2. The first-order valence-electron chi connectivity index (χ1n) is 9.20. The number of hydrogen-bond donors (Lipinski definition) is 0. The highest BCUT2D eigenvalue weighted by Gasteiger charge is 2.47. The van der Waals surface area contributed by atoms with Gasteiger partial charge in [0.05, 0.1) is 29.4 Å². The van der Waals surface area contributed by atoms with Crippen molar-refractivity contribution in [2.75, 3.05) is 5.06 Å². The van der Waals surface area contributed by atoms with Crippen molar-refractivity contribution in [1.82, 2.24) is 9.78 Å². The molecule has 0 N–H and O–H groups in total. The van der Waals surface area contributed by atoms with Crippen LogP contribution in [0, 0.1) is 19.8 Å². The number of aryl methyl sites for hydroxylation is 2. The van der Waals surface area contributed by atoms with E-state index in [0.717, 1.165) is 22.6 Å². The summed E-state index contributed by atoms with van der Waals surface area (Å²) in [6.07, 6.45) is -0.271. The summed E-state index contributed by atoms with van der Waals surface area (Å²) in [7, 11) is 0. The molecule has 5 nitrogen and oxygen atoms in total. The van der Waals surface area contributed by atoms with E-state index in [4.69, 9.17) is 4.84 Å². The van der Waals surface area contributed by atoms with Gasteiger partial charge in [0.25, 0.3) is 5.91 Å². The maximum absolute atomic E-state index is 13.4. The fourth-order valence-electron chi connectivity index (χ4n) is 3.83. The third-order valence-corrected chi connectivity index (χ3v) is 5.03. The van der Waals surface area contributed by atoms with Crippen molar-refractivity contribution in [3.05, 3.63) is 83.7 Å². The molecule has 3 atom stereocenters. The molecule has 0 spiro atoms. The molecule has 2 heterocycles. The summed E-state index contributed by atoms with van der Waals surface area (Å²) in [4.78, 5) is 19.6. The van der Waals surface area contributed by atoms with Crippen LogP contribution in [0.2, 0.25) is 0 Å². The average molecular weight is 361 g/mol. The van der Waals surface area contributed by atoms with E-state index in [1.54, 1.807) is 0 Å². The number of carbonyl (C=O) groups excluding carboxylic acids is 1. The van der Waals surface area contributed by atoms with Crippen molar-refractivity contribution in [2.24, 2.45) is 5.92 Å². The Morgan fingerprint density at radius 2 is 1.63 bits per heavy atom. The standard InChI is InChI=1S/C22H23N3O2/c1-15-14-16(2)24(23-15)22(26)20-17(3)27-25(19-12-8-5-9-13-19)21(20)18-10-6-4-7-11-18/h4-14,17,20-21H,1-3H3. The summed E-state index contributed by atoms with van der Waals surface area (Å²) >= 11 is 0. The minimum atomic E-state index is -0.370. The lowest BCUT2D eigenvalue weighted by Crippen LogP contribution is -2.33. The molecule has 1 aliphatic rings. The van der Waals surface area contributed by atoms with Gasteiger partial charge in [-0.2, -0.15) is 5.10 Å². The third kappa shape index (κ3) is 3.15. The first kappa shape index (κ1) is 17.5. The van der Waals surface area contributed by atoms with Crippen LogP contribution >= 0.6 is 0 Å². The number of para-hydroxylation sites is 1. The van der Waals surface area contributed by atoms with Crippen molar-refractivity contribution in [3.63, 3.8) is 0 Å². The van der Waals surface area contributed by atoms with Crippen LogP contribution in [0.1, 0.15) is 34.7 Å². The van der Waals surface area contributed by atoms with E-state index < -0.39 is 0 Å². The number of nitrogens with zero attached hydrogens (tertiary/aromatic N) is 3. The second-order valence-electron chi connectivity index (χ2n) is 7.03. The monoisotopic (exact) mass is 361 g/mol. The van der Waals surface area contributed by atoms with Gasteiger partial charge in [0.1, 0.15) is 0 Å². The van der Waals surface area contributed by atoms with Crippen LogP contribution in [0.4, 0.5) is 5.69 Å². The second kappa shape index (κ2) is 7.00. The summed E-state index contributed by atoms with van der Waals surface area (Å²) in [6, 6.07) is 21.7. The minimum Gasteiger partial charge on any atom is -0.272 e. The van der Waals surface area contributed by atoms with Gasteiger partial charge in [-0.25, -0.2) is 9.75 Å². The molecule has 1 aliphatic heterocycles. The van der Waals surface area contributed by atoms with Crippen LogP contribution in [0.3, 0.4) is 0 Å². The normalized spacial score (nSPS) is 22.2. The molecule has 4 rings (SSSR count). The lowest BCUT2D eigenvalue weighted by atomic mass is 9.89. The molecule has 0 amide bonds. The molecule has 27 heavy (non-hydrogen) atoms. The van der Waals surface area contributed by atoms with Crippen LogP contribution in [-0.2, 0) is 4.84 Å². The average Bonchev–Trinajstić information content (AvgIpc) is 3.21. The number of hydroxylamine groups is 1. The minimum absolute atomic E-state index is 0.0413. The Morgan fingerprint density at radius 1 is 1.00 bits per heavy atom. The van der Waals surface area contributed by atoms with Crippen LogP contribution < -0.4 is 5.06 Å². The van der Waals surface area contributed by atoms with Gasteiger partial charge in [0, 0.05) is 5.69 Å². The fourth-order valence-corrected chi connectivity index (χ4v) is 3.83. The third-order valence-electron chi connectivity index (χ3n) is 5.03. The number of carbonyl (C=O) groups is 1. The molecule has 138 valence electrons. The Hall–Kier alpha value is -2.92. The molecule has 0 aliphatic carbocycles. The van der Waals surface area contributed by atoms with Gasteiger partial charge in [-0.05, 0) is 44.5 Å². The van der Waals surface area contributed by atoms with Gasteiger partial charge in [0.2, 0.25) is 0 Å². The van der Waals surface area contributed by atoms with E-state index in [1.165, 1.54) is 4.68 Å². The summed E-state index contributed by atoms with van der Waals surface area (Å²) < 4.78 is 1.52. The predicted octanol–water partition coefficient (Wildman–Crippen LogP) is 4.34. The molecule has 1 fully saturated rings. The number of rotatable bonds is 3. The van der Waals surface area contributed by atoms with Crippen LogP contribution in [0.15, 0.2) is 66.7 Å². The fraction of sp³-hybridized carbons (Fsp3) is 0.273. The van der Waals surface area contributed by atoms with E-state index in [1.807, 2.05) is 92.6 Å². The summed E-state index contributed by atoms with van der Waals surface area (Å²) in [5.41, 5.74) is 3.66. The molecule has 2 aromatic carbocycles. The largest absolute Gasteiger partial charge is 0.272 e. The van der Waals surface area contributed by atoms with E-state index in [2.05, 4.69) is 5.10 Å². The summed E-state index contributed by atoms with van der Waals surface area (Å²) in [5, 5.41) is 6.28. The first-order valence-corrected chi connectivity index (χ1v) is 9.20. The summed E-state index contributed by atoms with van der Waals surface area (Å²) in [6.45, 7) is 5.76. The van der Waals surface area contributed by atoms with Gasteiger partial charge in [-0.3, -0.25) is 9.63 Å². The van der Waals surface area contributed by atoms with Gasteiger partial charge < -0.3 is 0 Å². The van der Waals surface area contributed by atoms with Gasteiger partial charge in [-0.1, -0.05) is 48.5 Å². The maximum atomic E-state index is 13.4. The molecule has 0 radical (unpaired) electrons. The van der Waals surface area contributed by atoms with Crippen LogP contribution in [0.25, 0.3) is 0 Å². The predicted molar refractivity (Wildman–Crippen MR) is 104 cm³/mol. The second-order valence-corrected chi connectivity index (χ2v) is 7.03. The molecule has 3 aromatic rings. The number of hydrogen-bond acceptors (Lipinski definition) is 4. The Labute approximate surface area is 159 Å². The SMILES string of the molecule is Cc1cc(C)n(C(=O)C2C(C)ON(c3ccccc3)C2c2ccccc2)n1. The molecule has 3 unspecified atom stereocenters. The Bertz CT molecular complexity index is 937. The number of anilines is 1. The van der Waals surface area contributed by atoms with E-state index in [-0.39, 0.29) is 24.0 Å². The van der Waals surface area contributed by atoms with Crippen molar-refractivity contribution in [1.29, 1.82) is 0 Å². The smallest absolute Gasteiger partial charge is 0.255 e. The highest BCUT2D eigenvalue weighted by molar-refractivity contribution is 5.84. The van der Waals surface area contributed by atoms with E-state index in [0.29, 0.717) is 0 Å². The Kier molecular flexibility index (Phi) is 4.54. The van der Waals surface area contributed by atoms with Crippen LogP contribution in [-0.4, -0.2) is 21.8 Å². The van der Waals surface area contributed by atoms with Crippen molar-refractivity contribution in [2.45, 2.75) is 32.9 Å². The Morgan fingerprint density at radius 3 is 2.22 bits per heavy atom. The van der Waals surface area contributed by atoms with Crippen molar-refractivity contribution < 1.29 is 9.63 Å². The van der Waals surface area contributed by atoms with Gasteiger partial charge >= 0.3 is 0 Å². The van der Waals surface area contributed by atoms with Gasteiger partial charge in [-0.15, -0.1) is 0 Å². The van der Waals surface area contributed by atoms with Crippen molar-refractivity contribution in [3.8, 4) is 0 Å². The lowest BCUT2D eigenvalue weighted by Gasteiger charge is -2.27. The quantitative estimate of drug-likeness (QED) is 0.696. The summed E-state index contributed by atoms with van der Waals surface area (Å²) in [5.74, 6) is -0.411. The molecule has 1 aromatic heterocycles. The highest BCUT2D eigenvalue weighted by atomic mass is 16.7. The van der Waals surface area contributed by atoms with Gasteiger partial charge in [0.15, 0.2) is 0 Å². The molecule has 5 heteroatoms. The van der Waals surface area contributed by atoms with Crippen molar-refractivity contribution >= 4 is 11.6 Å². The Balaban J connectivity index is 1.79. The zero-order valence-electron chi connectivity index (χ0n) is 15.7. The molecule has 0 bridgehead atoms. The molecule has 0 saturated carbocycles. The maximum Gasteiger partial charge on any atom is 0.255 e. The highest BCUT2D eigenvalue weighted by Crippen LogP contribution is 2.43. The number of aromatic nitrogens is 2. The zero-order valence-corrected chi connectivity index (χ0v) is 15.7. The van der Waals surface area contributed by atoms with E-state index in [9.17, 15) is 4.79 Å². The molecule has 1 saturated heterocycles.